The lowest BCUT2D eigenvalue weighted by Crippen LogP contribution is -2.75. The minimum Gasteiger partial charge on any atom is -0.372 e. The predicted molar refractivity (Wildman–Crippen MR) is 357 cm³/mol. The summed E-state index contributed by atoms with van der Waals surface area (Å²) in [5, 5.41) is 0. The van der Waals surface area contributed by atoms with Gasteiger partial charge in [0.2, 0.25) is 11.4 Å². The maximum atomic E-state index is 3.89. The normalized spacial score (nSPS) is 17.4. The van der Waals surface area contributed by atoms with Gasteiger partial charge in [-0.15, -0.1) is 0 Å². The Kier molecular flexibility index (Phi) is 25.3. The quantitative estimate of drug-likeness (QED) is 0.0956. The van der Waals surface area contributed by atoms with Crippen molar-refractivity contribution in [3.8, 4) is 0 Å². The van der Waals surface area contributed by atoms with E-state index in [1.807, 2.05) is 0 Å². The van der Waals surface area contributed by atoms with Crippen LogP contribution in [-0.4, -0.2) is 63.8 Å². The second-order valence-corrected chi connectivity index (χ2v) is 22.0. The molecule has 81 heavy (non-hydrogen) atoms. The summed E-state index contributed by atoms with van der Waals surface area (Å²) in [6, 6.07) is 54.0. The van der Waals surface area contributed by atoms with Crippen molar-refractivity contribution in [1.29, 1.82) is 0 Å². The highest BCUT2D eigenvalue weighted by atomic mass is 15.1. The second-order valence-electron chi connectivity index (χ2n) is 22.0. The van der Waals surface area contributed by atoms with Crippen LogP contribution in [0.1, 0.15) is 172 Å². The molecule has 1 fully saturated rings. The molecule has 3 aliphatic carbocycles. The van der Waals surface area contributed by atoms with E-state index in [1.165, 1.54) is 133 Å². The van der Waals surface area contributed by atoms with Crippen LogP contribution in [0.25, 0.3) is 22.3 Å². The van der Waals surface area contributed by atoms with E-state index in [0.29, 0.717) is 0 Å². The van der Waals surface area contributed by atoms with Crippen molar-refractivity contribution in [3.63, 3.8) is 0 Å². The van der Waals surface area contributed by atoms with E-state index < -0.39 is 0 Å². The summed E-state index contributed by atoms with van der Waals surface area (Å²) in [5.74, 6) is 2.46. The molecule has 0 saturated heterocycles. The third-order valence-electron chi connectivity index (χ3n) is 16.1. The lowest BCUT2D eigenvalue weighted by Gasteiger charge is -2.24. The fraction of sp³-hybridized carbons (Fsp3) is 0.395. The number of hydrogen-bond donors (Lipinski definition) is 2. The molecular formula is C76H101N5+2. The van der Waals surface area contributed by atoms with Crippen molar-refractivity contribution in [3.05, 3.63) is 220 Å². The zero-order chi connectivity index (χ0) is 58.3. The first-order valence-electron chi connectivity index (χ1n) is 31.4. The summed E-state index contributed by atoms with van der Waals surface area (Å²) in [5.41, 5.74) is 22.8. The monoisotopic (exact) mass is 1080 g/mol. The molecule has 5 heteroatoms. The highest BCUT2D eigenvalue weighted by Gasteiger charge is 2.33. The van der Waals surface area contributed by atoms with Gasteiger partial charge in [0.15, 0.2) is 0 Å². The molecule has 3 aliphatic rings. The minimum atomic E-state index is 0.766. The first-order chi connectivity index (χ1) is 39.5. The van der Waals surface area contributed by atoms with Gasteiger partial charge in [0.05, 0.1) is 11.1 Å². The number of benzene rings is 6. The molecule has 1 saturated carbocycles. The number of allylic oxidation sites excluding steroid dienone is 6. The molecule has 3 unspecified atom stereocenters. The van der Waals surface area contributed by atoms with Crippen LogP contribution in [-0.2, 0) is 0 Å². The molecule has 0 amide bonds. The van der Waals surface area contributed by atoms with Gasteiger partial charge in [-0.3, -0.25) is 0 Å². The Morgan fingerprint density at radius 3 is 1.05 bits per heavy atom. The third kappa shape index (κ3) is 16.1. The summed E-state index contributed by atoms with van der Waals surface area (Å²) < 4.78 is 0. The molecule has 0 spiro atoms. The topological polar surface area (TPSA) is 37.7 Å². The maximum Gasteiger partial charge on any atom is 0.206 e. The molecular weight excluding hydrogens is 983 g/mol. The first-order valence-corrected chi connectivity index (χ1v) is 31.4. The van der Waals surface area contributed by atoms with Crippen LogP contribution in [0.5, 0.6) is 0 Å². The van der Waals surface area contributed by atoms with E-state index in [1.54, 1.807) is 0 Å². The molecule has 0 aromatic heterocycles. The number of hydrogen-bond acceptors (Lipinski definition) is 3. The highest BCUT2D eigenvalue weighted by molar-refractivity contribution is 6.18. The van der Waals surface area contributed by atoms with Crippen LogP contribution >= 0.6 is 0 Å². The van der Waals surface area contributed by atoms with E-state index in [4.69, 9.17) is 0 Å². The Balaban J connectivity index is 0.000000239. The van der Waals surface area contributed by atoms with E-state index in [2.05, 4.69) is 292 Å². The molecule has 5 nitrogen and oxygen atoms in total. The fourth-order valence-electron chi connectivity index (χ4n) is 12.0. The minimum absolute atomic E-state index is 0.766. The van der Waals surface area contributed by atoms with Crippen molar-refractivity contribution in [2.45, 2.75) is 129 Å². The molecule has 0 radical (unpaired) electrons. The maximum absolute atomic E-state index is 3.89. The van der Waals surface area contributed by atoms with Crippen LogP contribution < -0.4 is 24.7 Å². The molecule has 0 heterocycles. The molecule has 0 bridgehead atoms. The van der Waals surface area contributed by atoms with Gasteiger partial charge < -0.3 is 14.7 Å². The standard InChI is InChI=1S/C37H44N2.C33H39N3.2C3H8/c1-6-28-23-27(5)24-31(28)25-38-36-22-21-35(33-11-9-10-12-34(33)36)37(29-15-13-26(4)14-16-29)30-17-19-32(20-18-30)39(7-2)8-3;1-6-34-32-24-23-31(29-13-11-12-14-30(29)32)33(25-15-19-27(20-16-25)35(7-2)8-3)26-17-21-28(22-18-26)36(9-4)10-5;2*1-3-2/h9-22,27-28,31H,6-8,23-25H2,1-5H3;11-24H,6-10H2,1-5H3;2*3H2,1-2H3/p+2/b37-35-,38-36?;;;. The van der Waals surface area contributed by atoms with E-state index in [-0.39, 0.29) is 0 Å². The Hall–Kier alpha value is -6.98. The van der Waals surface area contributed by atoms with Gasteiger partial charge >= 0.3 is 0 Å². The third-order valence-corrected chi connectivity index (χ3v) is 16.1. The molecule has 0 aliphatic heterocycles. The van der Waals surface area contributed by atoms with Gasteiger partial charge in [-0.2, -0.15) is 0 Å². The number of anilines is 3. The van der Waals surface area contributed by atoms with Crippen molar-refractivity contribution in [1.82, 2.24) is 0 Å². The molecule has 3 atom stereocenters. The van der Waals surface area contributed by atoms with Crippen molar-refractivity contribution in [2.24, 2.45) is 17.8 Å². The van der Waals surface area contributed by atoms with Crippen LogP contribution in [0.2, 0.25) is 0 Å². The lowest BCUT2D eigenvalue weighted by atomic mass is 9.83. The molecule has 9 rings (SSSR count). The number of nitrogens with zero attached hydrogens (tertiary/aromatic N) is 3. The summed E-state index contributed by atoms with van der Waals surface area (Å²) in [7, 11) is 0. The van der Waals surface area contributed by atoms with Gasteiger partial charge in [-0.1, -0.05) is 163 Å². The highest BCUT2D eigenvalue weighted by Crippen LogP contribution is 2.40. The largest absolute Gasteiger partial charge is 0.372 e. The number of nitrogens with one attached hydrogen (secondary N) is 2. The first kappa shape index (κ1) is 63.2. The summed E-state index contributed by atoms with van der Waals surface area (Å²) in [6.45, 7) is 38.9. The Bertz CT molecular complexity index is 2980. The fourth-order valence-corrected chi connectivity index (χ4v) is 12.0. The zero-order valence-electron chi connectivity index (χ0n) is 52.4. The van der Waals surface area contributed by atoms with Crippen LogP contribution in [0.15, 0.2) is 170 Å². The van der Waals surface area contributed by atoms with Crippen molar-refractivity contribution < 1.29 is 9.98 Å². The summed E-state index contributed by atoms with van der Waals surface area (Å²) in [4.78, 5) is 14.6. The summed E-state index contributed by atoms with van der Waals surface area (Å²) in [6.07, 6.45) is 15.7. The number of rotatable bonds is 17. The van der Waals surface area contributed by atoms with Crippen LogP contribution in [0.3, 0.4) is 0 Å². The molecule has 2 N–H and O–H groups in total. The van der Waals surface area contributed by atoms with Gasteiger partial charge in [-0.25, -0.2) is 9.98 Å². The molecule has 6 aromatic rings. The SMILES string of the molecule is CCC.CCC.CCC1CC(C)CC1C[NH+]=C1C=C/C(=C(\c2ccc(C)cc2)c2ccc(N(CC)CC)cc2)c2ccccc21.CC[NH+]=C1C=CC(=C(c2ccc(N(CC)CC)cc2)c2ccc(N(CC)CC)cc2)c2ccccc21. The van der Waals surface area contributed by atoms with Gasteiger partial charge in [0.1, 0.15) is 13.1 Å². The smallest absolute Gasteiger partial charge is 0.206 e. The van der Waals surface area contributed by atoms with E-state index >= 15 is 0 Å². The van der Waals surface area contributed by atoms with Crippen molar-refractivity contribution in [2.75, 3.05) is 67.1 Å². The van der Waals surface area contributed by atoms with Crippen LogP contribution in [0.4, 0.5) is 17.1 Å². The summed E-state index contributed by atoms with van der Waals surface area (Å²) >= 11 is 0. The van der Waals surface area contributed by atoms with Gasteiger partial charge in [0.25, 0.3) is 0 Å². The Labute approximate surface area is 492 Å². The predicted octanol–water partition coefficient (Wildman–Crippen LogP) is 15.9. The number of fused-ring (bicyclic) bond motifs is 2. The average Bonchev–Trinajstić information content (AvgIpc) is 3.97. The zero-order valence-corrected chi connectivity index (χ0v) is 52.4. The molecule has 6 aromatic carbocycles. The van der Waals surface area contributed by atoms with Gasteiger partial charge in [-0.05, 0) is 196 Å². The number of aryl methyl sites for hydroxylation is 1. The van der Waals surface area contributed by atoms with Crippen molar-refractivity contribution >= 4 is 50.8 Å². The van der Waals surface area contributed by atoms with E-state index in [0.717, 1.165) is 70.1 Å². The Morgan fingerprint density at radius 1 is 0.395 bits per heavy atom. The second kappa shape index (κ2) is 32.5. The average molecular weight is 1080 g/mol. The Morgan fingerprint density at radius 2 is 0.716 bits per heavy atom. The molecule has 428 valence electrons. The lowest BCUT2D eigenvalue weighted by molar-refractivity contribution is -0.466. The van der Waals surface area contributed by atoms with E-state index in [9.17, 15) is 0 Å². The van der Waals surface area contributed by atoms with Gasteiger partial charge in [0, 0.05) is 74.4 Å². The van der Waals surface area contributed by atoms with Crippen LogP contribution in [0, 0.1) is 24.7 Å².